The number of aliphatic hydroxyl groups excluding tert-OH is 1. The Bertz CT molecular complexity index is 906. The van der Waals surface area contributed by atoms with Crippen molar-refractivity contribution >= 4 is 10.0 Å². The Balaban J connectivity index is 1.95. The maximum absolute atomic E-state index is 14.0. The van der Waals surface area contributed by atoms with Crippen LogP contribution in [0.2, 0.25) is 0 Å². The zero-order valence-electron chi connectivity index (χ0n) is 11.9. The van der Waals surface area contributed by atoms with Crippen LogP contribution in [0, 0.1) is 17.1 Å². The standard InChI is InChI=1S/C16H13FN2O3S/c17-13-7-10(9-18)5-6-15(13)23(21,22)19-16-12-4-2-1-3-11(12)8-14(16)20/h1-7,14,16,19-20H,8H2/t14-,16-/m1/s1. The van der Waals surface area contributed by atoms with Gasteiger partial charge in [0.2, 0.25) is 10.0 Å². The van der Waals surface area contributed by atoms with Crippen LogP contribution in [0.5, 0.6) is 0 Å². The number of sulfonamides is 1. The van der Waals surface area contributed by atoms with E-state index in [0.717, 1.165) is 17.7 Å². The van der Waals surface area contributed by atoms with E-state index in [1.54, 1.807) is 18.2 Å². The molecule has 0 radical (unpaired) electrons. The second kappa shape index (κ2) is 5.74. The molecule has 0 aliphatic heterocycles. The summed E-state index contributed by atoms with van der Waals surface area (Å²) in [6.45, 7) is 0. The SMILES string of the molecule is N#Cc1ccc(S(=O)(=O)N[C@@H]2c3ccccc3C[C@H]2O)c(F)c1. The molecule has 3 rings (SSSR count). The summed E-state index contributed by atoms with van der Waals surface area (Å²) in [5, 5.41) is 18.8. The Morgan fingerprint density at radius 3 is 2.70 bits per heavy atom. The molecule has 0 fully saturated rings. The van der Waals surface area contributed by atoms with E-state index in [1.165, 1.54) is 6.07 Å². The van der Waals surface area contributed by atoms with Crippen molar-refractivity contribution in [2.75, 3.05) is 0 Å². The highest BCUT2D eigenvalue weighted by Crippen LogP contribution is 2.32. The molecular weight excluding hydrogens is 319 g/mol. The molecule has 7 heteroatoms. The molecule has 0 spiro atoms. The summed E-state index contributed by atoms with van der Waals surface area (Å²) >= 11 is 0. The highest BCUT2D eigenvalue weighted by molar-refractivity contribution is 7.89. The normalized spacial score (nSPS) is 20.0. The molecule has 2 N–H and O–H groups in total. The third-order valence-electron chi connectivity index (χ3n) is 3.84. The largest absolute Gasteiger partial charge is 0.391 e. The van der Waals surface area contributed by atoms with Crippen LogP contribution in [0.3, 0.4) is 0 Å². The van der Waals surface area contributed by atoms with Crippen LogP contribution < -0.4 is 4.72 Å². The molecule has 0 saturated heterocycles. The van der Waals surface area contributed by atoms with Gasteiger partial charge in [0.15, 0.2) is 0 Å². The summed E-state index contributed by atoms with van der Waals surface area (Å²) in [4.78, 5) is -0.548. The molecule has 118 valence electrons. The molecular formula is C16H13FN2O3S. The van der Waals surface area contributed by atoms with Crippen molar-refractivity contribution in [2.24, 2.45) is 0 Å². The number of hydrogen-bond donors (Lipinski definition) is 2. The fourth-order valence-electron chi connectivity index (χ4n) is 2.73. The minimum atomic E-state index is -4.17. The van der Waals surface area contributed by atoms with E-state index >= 15 is 0 Å². The number of benzene rings is 2. The zero-order valence-corrected chi connectivity index (χ0v) is 12.7. The Morgan fingerprint density at radius 2 is 2.00 bits per heavy atom. The van der Waals surface area contributed by atoms with Gasteiger partial charge in [0.05, 0.1) is 23.8 Å². The van der Waals surface area contributed by atoms with Crippen molar-refractivity contribution in [1.29, 1.82) is 5.26 Å². The molecule has 1 aliphatic carbocycles. The maximum atomic E-state index is 14.0. The first-order valence-electron chi connectivity index (χ1n) is 6.90. The number of rotatable bonds is 3. The van der Waals surface area contributed by atoms with Crippen molar-refractivity contribution < 1.29 is 17.9 Å². The third-order valence-corrected chi connectivity index (χ3v) is 5.31. The predicted octanol–water partition coefficient (Wildman–Crippen LogP) is 1.63. The van der Waals surface area contributed by atoms with Crippen LogP contribution in [0.15, 0.2) is 47.4 Å². The van der Waals surface area contributed by atoms with Gasteiger partial charge in [0.1, 0.15) is 10.7 Å². The van der Waals surface area contributed by atoms with Crippen molar-refractivity contribution in [3.63, 3.8) is 0 Å². The van der Waals surface area contributed by atoms with E-state index in [4.69, 9.17) is 5.26 Å². The average molecular weight is 332 g/mol. The molecule has 0 amide bonds. The number of nitrogens with zero attached hydrogens (tertiary/aromatic N) is 1. The smallest absolute Gasteiger partial charge is 0.244 e. The molecule has 0 heterocycles. The van der Waals surface area contributed by atoms with Crippen molar-refractivity contribution in [2.45, 2.75) is 23.5 Å². The Morgan fingerprint density at radius 1 is 1.26 bits per heavy atom. The van der Waals surface area contributed by atoms with Crippen molar-refractivity contribution in [3.8, 4) is 6.07 Å². The van der Waals surface area contributed by atoms with E-state index in [0.29, 0.717) is 12.0 Å². The van der Waals surface area contributed by atoms with Gasteiger partial charge in [-0.15, -0.1) is 0 Å². The molecule has 0 aromatic heterocycles. The van der Waals surface area contributed by atoms with Gasteiger partial charge in [-0.05, 0) is 29.3 Å². The zero-order chi connectivity index (χ0) is 16.6. The van der Waals surface area contributed by atoms with E-state index in [2.05, 4.69) is 4.72 Å². The van der Waals surface area contributed by atoms with Crippen LogP contribution >= 0.6 is 0 Å². The summed E-state index contributed by atoms with van der Waals surface area (Å²) in [6, 6.07) is 11.2. The lowest BCUT2D eigenvalue weighted by molar-refractivity contribution is 0.151. The maximum Gasteiger partial charge on any atom is 0.244 e. The van der Waals surface area contributed by atoms with Crippen LogP contribution in [-0.4, -0.2) is 19.6 Å². The summed E-state index contributed by atoms with van der Waals surface area (Å²) in [7, 11) is -4.17. The molecule has 0 bridgehead atoms. The Labute approximate surface area is 133 Å². The summed E-state index contributed by atoms with van der Waals surface area (Å²) in [6.07, 6.45) is -0.581. The van der Waals surface area contributed by atoms with Crippen LogP contribution in [0.1, 0.15) is 22.7 Å². The number of hydrogen-bond acceptors (Lipinski definition) is 4. The second-order valence-corrected chi connectivity index (χ2v) is 7.01. The molecule has 2 aromatic carbocycles. The molecule has 0 unspecified atom stereocenters. The van der Waals surface area contributed by atoms with Gasteiger partial charge in [-0.1, -0.05) is 24.3 Å². The first kappa shape index (κ1) is 15.6. The average Bonchev–Trinajstić information content (AvgIpc) is 2.82. The van der Waals surface area contributed by atoms with Gasteiger partial charge >= 0.3 is 0 Å². The lowest BCUT2D eigenvalue weighted by Gasteiger charge is -2.18. The second-order valence-electron chi connectivity index (χ2n) is 5.33. The van der Waals surface area contributed by atoms with E-state index in [9.17, 15) is 17.9 Å². The lowest BCUT2D eigenvalue weighted by atomic mass is 10.1. The first-order valence-corrected chi connectivity index (χ1v) is 8.38. The van der Waals surface area contributed by atoms with Gasteiger partial charge in [-0.3, -0.25) is 0 Å². The fraction of sp³-hybridized carbons (Fsp3) is 0.188. The Hall–Kier alpha value is -2.27. The first-order chi connectivity index (χ1) is 10.9. The Kier molecular flexibility index (Phi) is 3.90. The molecule has 2 aromatic rings. The number of halogens is 1. The van der Waals surface area contributed by atoms with E-state index in [-0.39, 0.29) is 5.56 Å². The van der Waals surface area contributed by atoms with Gasteiger partial charge in [0.25, 0.3) is 0 Å². The number of nitriles is 1. The van der Waals surface area contributed by atoms with Crippen LogP contribution in [-0.2, 0) is 16.4 Å². The van der Waals surface area contributed by atoms with Gasteiger partial charge in [0, 0.05) is 6.42 Å². The number of fused-ring (bicyclic) bond motifs is 1. The highest BCUT2D eigenvalue weighted by Gasteiger charge is 2.35. The van der Waals surface area contributed by atoms with Crippen molar-refractivity contribution in [3.05, 3.63) is 65.0 Å². The molecule has 5 nitrogen and oxygen atoms in total. The minimum absolute atomic E-state index is 0.0349. The molecule has 1 aliphatic rings. The van der Waals surface area contributed by atoms with Crippen LogP contribution in [0.25, 0.3) is 0 Å². The van der Waals surface area contributed by atoms with Crippen molar-refractivity contribution in [1.82, 2.24) is 4.72 Å². The topological polar surface area (TPSA) is 90.2 Å². The number of nitrogens with one attached hydrogen (secondary N) is 1. The molecule has 0 saturated carbocycles. The van der Waals surface area contributed by atoms with E-state index in [1.807, 2.05) is 12.1 Å². The predicted molar refractivity (Wildman–Crippen MR) is 80.3 cm³/mol. The quantitative estimate of drug-likeness (QED) is 0.894. The molecule has 2 atom stereocenters. The molecule has 23 heavy (non-hydrogen) atoms. The summed E-state index contributed by atoms with van der Waals surface area (Å²) in [5.74, 6) is -1.00. The number of aliphatic hydroxyl groups is 1. The lowest BCUT2D eigenvalue weighted by Crippen LogP contribution is -2.34. The highest BCUT2D eigenvalue weighted by atomic mass is 32.2. The van der Waals surface area contributed by atoms with Gasteiger partial charge in [-0.2, -0.15) is 5.26 Å². The third kappa shape index (κ3) is 2.84. The fourth-order valence-corrected chi connectivity index (χ4v) is 4.04. The summed E-state index contributed by atoms with van der Waals surface area (Å²) in [5.41, 5.74) is 1.57. The monoisotopic (exact) mass is 332 g/mol. The summed E-state index contributed by atoms with van der Waals surface area (Å²) < 4.78 is 41.2. The minimum Gasteiger partial charge on any atom is -0.391 e. The van der Waals surface area contributed by atoms with Crippen LogP contribution in [0.4, 0.5) is 4.39 Å². The van der Waals surface area contributed by atoms with Gasteiger partial charge in [-0.25, -0.2) is 17.5 Å². The van der Waals surface area contributed by atoms with Gasteiger partial charge < -0.3 is 5.11 Å². The van der Waals surface area contributed by atoms with E-state index < -0.39 is 32.9 Å².